The highest BCUT2D eigenvalue weighted by molar-refractivity contribution is 5.85. The number of pyridine rings is 1. The van der Waals surface area contributed by atoms with Gasteiger partial charge in [0.25, 0.3) is 0 Å². The molecule has 1 heterocycles. The lowest BCUT2D eigenvalue weighted by Gasteiger charge is -2.24. The van der Waals surface area contributed by atoms with Gasteiger partial charge in [0.05, 0.1) is 11.7 Å². The molecule has 1 aromatic heterocycles. The second-order valence-corrected chi connectivity index (χ2v) is 9.68. The standard InChI is InChI=1S/C26H32N2O3/c1-25(2,3)30-20-13-11-18(12-14-20)17-22(28-24(29)31-26(4,5)6)23-21-10-8-7-9-19(21)15-16-27-23/h7-16,22H,17H2,1-6H3,(H,28,29). The van der Waals surface area contributed by atoms with Crippen LogP contribution in [0.15, 0.2) is 60.8 Å². The number of amides is 1. The van der Waals surface area contributed by atoms with E-state index in [2.05, 4.69) is 10.3 Å². The molecule has 0 aliphatic carbocycles. The molecule has 0 saturated heterocycles. The highest BCUT2D eigenvalue weighted by Crippen LogP contribution is 2.27. The molecule has 0 bridgehead atoms. The summed E-state index contributed by atoms with van der Waals surface area (Å²) in [4.78, 5) is 17.2. The van der Waals surface area contributed by atoms with Gasteiger partial charge in [0.2, 0.25) is 0 Å². The summed E-state index contributed by atoms with van der Waals surface area (Å²) in [6.45, 7) is 11.6. The Labute approximate surface area is 184 Å². The lowest BCUT2D eigenvalue weighted by atomic mass is 9.98. The summed E-state index contributed by atoms with van der Waals surface area (Å²) in [7, 11) is 0. The fourth-order valence-corrected chi connectivity index (χ4v) is 3.37. The van der Waals surface area contributed by atoms with Crippen molar-refractivity contribution in [2.24, 2.45) is 0 Å². The minimum absolute atomic E-state index is 0.255. The maximum absolute atomic E-state index is 12.6. The van der Waals surface area contributed by atoms with E-state index < -0.39 is 11.7 Å². The predicted octanol–water partition coefficient (Wildman–Crippen LogP) is 6.22. The third-order valence-electron chi connectivity index (χ3n) is 4.51. The fourth-order valence-electron chi connectivity index (χ4n) is 3.37. The van der Waals surface area contributed by atoms with Gasteiger partial charge >= 0.3 is 6.09 Å². The molecule has 5 nitrogen and oxygen atoms in total. The third kappa shape index (κ3) is 6.71. The van der Waals surface area contributed by atoms with Crippen LogP contribution in [-0.4, -0.2) is 22.3 Å². The van der Waals surface area contributed by atoms with Crippen LogP contribution in [0.4, 0.5) is 4.79 Å². The Balaban J connectivity index is 1.90. The maximum Gasteiger partial charge on any atom is 0.408 e. The number of carbonyl (C=O) groups is 1. The van der Waals surface area contributed by atoms with Crippen molar-refractivity contribution in [3.63, 3.8) is 0 Å². The number of nitrogens with one attached hydrogen (secondary N) is 1. The van der Waals surface area contributed by atoms with Crippen LogP contribution < -0.4 is 10.1 Å². The van der Waals surface area contributed by atoms with Crippen molar-refractivity contribution in [1.82, 2.24) is 10.3 Å². The largest absolute Gasteiger partial charge is 0.488 e. The zero-order chi connectivity index (χ0) is 22.6. The molecule has 0 aliphatic rings. The predicted molar refractivity (Wildman–Crippen MR) is 124 cm³/mol. The molecule has 3 aromatic rings. The average molecular weight is 421 g/mol. The first kappa shape index (κ1) is 22.6. The number of aromatic nitrogens is 1. The molecule has 0 fully saturated rings. The van der Waals surface area contributed by atoms with Crippen LogP contribution in [0.5, 0.6) is 5.75 Å². The third-order valence-corrected chi connectivity index (χ3v) is 4.51. The lowest BCUT2D eigenvalue weighted by Crippen LogP contribution is -2.36. The minimum Gasteiger partial charge on any atom is -0.488 e. The molecule has 1 unspecified atom stereocenters. The minimum atomic E-state index is -0.577. The molecular weight excluding hydrogens is 388 g/mol. The van der Waals surface area contributed by atoms with E-state index in [1.54, 1.807) is 6.20 Å². The number of fused-ring (bicyclic) bond motifs is 1. The van der Waals surface area contributed by atoms with Gasteiger partial charge in [-0.25, -0.2) is 4.79 Å². The van der Waals surface area contributed by atoms with Crippen molar-refractivity contribution < 1.29 is 14.3 Å². The normalized spacial score (nSPS) is 13.0. The fraction of sp³-hybridized carbons (Fsp3) is 0.385. The highest BCUT2D eigenvalue weighted by Gasteiger charge is 2.23. The Morgan fingerprint density at radius 1 is 0.935 bits per heavy atom. The zero-order valence-corrected chi connectivity index (χ0v) is 19.2. The molecule has 0 radical (unpaired) electrons. The molecule has 0 aliphatic heterocycles. The van der Waals surface area contributed by atoms with E-state index in [1.807, 2.05) is 96.1 Å². The lowest BCUT2D eigenvalue weighted by molar-refractivity contribution is 0.0502. The van der Waals surface area contributed by atoms with E-state index in [0.717, 1.165) is 27.8 Å². The van der Waals surface area contributed by atoms with E-state index in [-0.39, 0.29) is 11.6 Å². The van der Waals surface area contributed by atoms with Crippen LogP contribution in [0.25, 0.3) is 10.8 Å². The Morgan fingerprint density at radius 3 is 2.26 bits per heavy atom. The molecule has 3 rings (SSSR count). The molecule has 5 heteroatoms. The number of rotatable bonds is 5. The smallest absolute Gasteiger partial charge is 0.408 e. The van der Waals surface area contributed by atoms with E-state index in [1.165, 1.54) is 0 Å². The Kier molecular flexibility index (Phi) is 6.54. The van der Waals surface area contributed by atoms with Gasteiger partial charge in [-0.15, -0.1) is 0 Å². The molecule has 2 aromatic carbocycles. The first-order valence-electron chi connectivity index (χ1n) is 10.6. The number of carbonyl (C=O) groups excluding carboxylic acids is 1. The average Bonchev–Trinajstić information content (AvgIpc) is 2.66. The topological polar surface area (TPSA) is 60.5 Å². The number of benzene rings is 2. The van der Waals surface area contributed by atoms with Crippen molar-refractivity contribution in [2.45, 2.75) is 65.2 Å². The SMILES string of the molecule is CC(C)(C)OC(=O)NC(Cc1ccc(OC(C)(C)C)cc1)c1nccc2ccccc12. The zero-order valence-electron chi connectivity index (χ0n) is 19.2. The monoisotopic (exact) mass is 420 g/mol. The van der Waals surface area contributed by atoms with E-state index >= 15 is 0 Å². The first-order valence-corrected chi connectivity index (χ1v) is 10.6. The summed E-state index contributed by atoms with van der Waals surface area (Å²) >= 11 is 0. The Bertz CT molecular complexity index is 1030. The second kappa shape index (κ2) is 8.96. The summed E-state index contributed by atoms with van der Waals surface area (Å²) in [5.74, 6) is 0.816. The van der Waals surface area contributed by atoms with Gasteiger partial charge in [-0.2, -0.15) is 0 Å². The van der Waals surface area contributed by atoms with Gasteiger partial charge in [0.15, 0.2) is 0 Å². The summed E-state index contributed by atoms with van der Waals surface area (Å²) in [6.07, 6.45) is 1.90. The summed E-state index contributed by atoms with van der Waals surface area (Å²) in [5, 5.41) is 5.12. The van der Waals surface area contributed by atoms with Gasteiger partial charge in [0.1, 0.15) is 17.0 Å². The number of hydrogen-bond donors (Lipinski definition) is 1. The van der Waals surface area contributed by atoms with Crippen LogP contribution in [0.2, 0.25) is 0 Å². The molecule has 1 N–H and O–H groups in total. The van der Waals surface area contributed by atoms with Gasteiger partial charge in [-0.05, 0) is 77.1 Å². The van der Waals surface area contributed by atoms with Gasteiger partial charge in [-0.3, -0.25) is 4.98 Å². The number of ether oxygens (including phenoxy) is 2. The van der Waals surface area contributed by atoms with Crippen molar-refractivity contribution >= 4 is 16.9 Å². The van der Waals surface area contributed by atoms with E-state index in [4.69, 9.17) is 9.47 Å². The van der Waals surface area contributed by atoms with Crippen LogP contribution in [0, 0.1) is 0 Å². The van der Waals surface area contributed by atoms with E-state index in [9.17, 15) is 4.79 Å². The molecule has 0 spiro atoms. The molecule has 1 atom stereocenters. The molecule has 0 saturated carbocycles. The van der Waals surface area contributed by atoms with E-state index in [0.29, 0.717) is 6.42 Å². The number of nitrogens with zero attached hydrogens (tertiary/aromatic N) is 1. The van der Waals surface area contributed by atoms with Crippen LogP contribution in [0.1, 0.15) is 58.8 Å². The van der Waals surface area contributed by atoms with Crippen LogP contribution in [-0.2, 0) is 11.2 Å². The second-order valence-electron chi connectivity index (χ2n) is 9.68. The summed E-state index contributed by atoms with van der Waals surface area (Å²) < 4.78 is 11.4. The number of hydrogen-bond acceptors (Lipinski definition) is 4. The number of alkyl carbamates (subject to hydrolysis) is 1. The van der Waals surface area contributed by atoms with Crippen LogP contribution in [0.3, 0.4) is 0 Å². The summed E-state index contributed by atoms with van der Waals surface area (Å²) in [5.41, 5.74) is 1.05. The van der Waals surface area contributed by atoms with Crippen molar-refractivity contribution in [3.05, 3.63) is 72.1 Å². The molecule has 164 valence electrons. The van der Waals surface area contributed by atoms with Gasteiger partial charge < -0.3 is 14.8 Å². The quantitative estimate of drug-likeness (QED) is 0.532. The van der Waals surface area contributed by atoms with Gasteiger partial charge in [-0.1, -0.05) is 36.4 Å². The van der Waals surface area contributed by atoms with Crippen molar-refractivity contribution in [2.75, 3.05) is 0 Å². The van der Waals surface area contributed by atoms with Gasteiger partial charge in [0, 0.05) is 11.6 Å². The molecule has 1 amide bonds. The van der Waals surface area contributed by atoms with Crippen LogP contribution >= 0.6 is 0 Å². The molecular formula is C26H32N2O3. The van der Waals surface area contributed by atoms with Crippen molar-refractivity contribution in [1.29, 1.82) is 0 Å². The summed E-state index contributed by atoms with van der Waals surface area (Å²) in [6, 6.07) is 17.7. The highest BCUT2D eigenvalue weighted by atomic mass is 16.6. The maximum atomic E-state index is 12.6. The van der Waals surface area contributed by atoms with Crippen molar-refractivity contribution in [3.8, 4) is 5.75 Å². The first-order chi connectivity index (χ1) is 14.5. The Hall–Kier alpha value is -3.08. The Morgan fingerprint density at radius 2 is 1.61 bits per heavy atom. The molecule has 31 heavy (non-hydrogen) atoms.